The number of carbonyl (C=O) groups excluding carboxylic acids is 1. The summed E-state index contributed by atoms with van der Waals surface area (Å²) in [5, 5.41) is 3.09. The van der Waals surface area contributed by atoms with Gasteiger partial charge in [-0.25, -0.2) is 9.98 Å². The fraction of sp³-hybridized carbons (Fsp3) is 0.412. The molecule has 0 aromatic carbocycles. The summed E-state index contributed by atoms with van der Waals surface area (Å²) in [7, 11) is 0. The van der Waals surface area contributed by atoms with Crippen LogP contribution in [0.2, 0.25) is 0 Å². The van der Waals surface area contributed by atoms with Crippen molar-refractivity contribution >= 4 is 17.4 Å². The molecule has 0 unspecified atom stereocenters. The summed E-state index contributed by atoms with van der Waals surface area (Å²) in [5.74, 6) is -1.17. The molecule has 0 radical (unpaired) electrons. The van der Waals surface area contributed by atoms with Gasteiger partial charge in [0.2, 0.25) is 5.88 Å². The maximum Gasteiger partial charge on any atom is 0.388 e. The molecule has 1 aliphatic rings. The van der Waals surface area contributed by atoms with Crippen LogP contribution in [0.1, 0.15) is 25.7 Å². The van der Waals surface area contributed by atoms with Crippen LogP contribution < -0.4 is 21.5 Å². The van der Waals surface area contributed by atoms with Gasteiger partial charge in [0.15, 0.2) is 0 Å². The van der Waals surface area contributed by atoms with Crippen molar-refractivity contribution in [3.05, 3.63) is 34.9 Å². The monoisotopic (exact) mass is 379 g/mol. The van der Waals surface area contributed by atoms with E-state index in [1.807, 2.05) is 0 Å². The van der Waals surface area contributed by atoms with E-state index in [-0.39, 0.29) is 35.1 Å². The number of halogens is 2. The highest BCUT2D eigenvalue weighted by atomic mass is 19.3. The van der Waals surface area contributed by atoms with Crippen LogP contribution >= 0.6 is 0 Å². The molecule has 2 rings (SSSR count). The van der Waals surface area contributed by atoms with Gasteiger partial charge in [-0.1, -0.05) is 11.3 Å². The second-order valence-corrected chi connectivity index (χ2v) is 5.93. The Morgan fingerprint density at radius 3 is 2.74 bits per heavy atom. The van der Waals surface area contributed by atoms with Gasteiger partial charge >= 0.3 is 6.61 Å². The predicted molar refractivity (Wildman–Crippen MR) is 96.9 cm³/mol. The van der Waals surface area contributed by atoms with Gasteiger partial charge in [-0.15, -0.1) is 0 Å². The number of amides is 1. The van der Waals surface area contributed by atoms with Crippen LogP contribution in [-0.2, 0) is 4.79 Å². The number of alkyl halides is 2. The SMILES string of the molecule is C#[N+][C@H]1CCCC[C@@H]1N/C=C(/C(N)=O)C(N)=Nc1ccc(OC(F)F)nc1. The molecular weight excluding hydrogens is 358 g/mol. The van der Waals surface area contributed by atoms with E-state index >= 15 is 0 Å². The first kappa shape index (κ1) is 20.1. The minimum atomic E-state index is -2.98. The van der Waals surface area contributed by atoms with Crippen molar-refractivity contribution < 1.29 is 18.3 Å². The molecule has 2 atom stereocenters. The molecule has 1 heterocycles. The lowest BCUT2D eigenvalue weighted by Gasteiger charge is -2.21. The zero-order valence-corrected chi connectivity index (χ0v) is 14.5. The standard InChI is InChI=1S/C17H20F2N6O2/c1-22-12-4-2-3-5-13(12)23-9-11(16(21)26)15(20)25-10-6-7-14(24-8-10)27-17(18)19/h1,6-9,12-13,17H,2-5H2,(H4-,20,21,23,25,26)/p+1/t12-,13-/m0/s1. The third-order valence-electron chi connectivity index (χ3n) is 4.08. The normalized spacial score (nSPS) is 20.8. The number of carbonyl (C=O) groups is 1. The summed E-state index contributed by atoms with van der Waals surface area (Å²) in [6.45, 7) is 2.45. The van der Waals surface area contributed by atoms with Crippen LogP contribution in [0.3, 0.4) is 0 Å². The Morgan fingerprint density at radius 2 is 2.15 bits per heavy atom. The average molecular weight is 379 g/mol. The Balaban J connectivity index is 2.13. The molecule has 10 heteroatoms. The fourth-order valence-electron chi connectivity index (χ4n) is 2.74. The molecule has 5 N–H and O–H groups in total. The number of pyridine rings is 1. The minimum Gasteiger partial charge on any atom is -0.417 e. The van der Waals surface area contributed by atoms with E-state index < -0.39 is 12.5 Å². The van der Waals surface area contributed by atoms with Gasteiger partial charge in [0.05, 0.1) is 17.5 Å². The lowest BCUT2D eigenvalue weighted by atomic mass is 9.91. The third kappa shape index (κ3) is 5.91. The molecule has 1 aromatic rings. The number of aliphatic imine (C=N–C) groups is 1. The van der Waals surface area contributed by atoms with Gasteiger partial charge in [0.1, 0.15) is 11.9 Å². The first-order valence-corrected chi connectivity index (χ1v) is 8.32. The molecule has 0 saturated heterocycles. The molecule has 1 saturated carbocycles. The number of hydrogen-bond donors (Lipinski definition) is 3. The lowest BCUT2D eigenvalue weighted by Crippen LogP contribution is -2.39. The highest BCUT2D eigenvalue weighted by Gasteiger charge is 2.31. The van der Waals surface area contributed by atoms with Crippen LogP contribution in [0.5, 0.6) is 5.88 Å². The second-order valence-electron chi connectivity index (χ2n) is 5.93. The summed E-state index contributed by atoms with van der Waals surface area (Å²) >= 11 is 0. The Kier molecular flexibility index (Phi) is 7.05. The number of hydrogen-bond acceptors (Lipinski definition) is 5. The first-order chi connectivity index (χ1) is 12.9. The lowest BCUT2D eigenvalue weighted by molar-refractivity contribution is -0.114. The van der Waals surface area contributed by atoms with Crippen LogP contribution in [0.4, 0.5) is 14.5 Å². The second kappa shape index (κ2) is 9.47. The molecule has 144 valence electrons. The van der Waals surface area contributed by atoms with E-state index in [0.717, 1.165) is 25.7 Å². The van der Waals surface area contributed by atoms with E-state index in [4.69, 9.17) is 18.0 Å². The molecule has 1 aliphatic carbocycles. The Bertz CT molecular complexity index is 758. The van der Waals surface area contributed by atoms with E-state index in [9.17, 15) is 13.6 Å². The quantitative estimate of drug-likeness (QED) is 0.380. The zero-order chi connectivity index (χ0) is 19.8. The number of nitrogens with one attached hydrogen (secondary N) is 1. The molecule has 1 fully saturated rings. The summed E-state index contributed by atoms with van der Waals surface area (Å²) in [6, 6.07) is 2.49. The Labute approximate surface area is 155 Å². The van der Waals surface area contributed by atoms with E-state index in [0.29, 0.717) is 0 Å². The highest BCUT2D eigenvalue weighted by Crippen LogP contribution is 2.21. The van der Waals surface area contributed by atoms with Crippen LogP contribution in [0.15, 0.2) is 35.1 Å². The van der Waals surface area contributed by atoms with Crippen molar-refractivity contribution in [3.8, 4) is 12.5 Å². The fourth-order valence-corrected chi connectivity index (χ4v) is 2.74. The largest absolute Gasteiger partial charge is 0.417 e. The van der Waals surface area contributed by atoms with E-state index in [2.05, 4.69) is 24.9 Å². The summed E-state index contributed by atoms with van der Waals surface area (Å²) in [4.78, 5) is 23.3. The number of nitrogens with zero attached hydrogens (tertiary/aromatic N) is 3. The zero-order valence-electron chi connectivity index (χ0n) is 14.5. The number of nitrogens with two attached hydrogens (primary N) is 2. The van der Waals surface area contributed by atoms with Crippen LogP contribution in [0, 0.1) is 6.57 Å². The van der Waals surface area contributed by atoms with Gasteiger partial charge in [-0.3, -0.25) is 4.79 Å². The molecule has 1 aromatic heterocycles. The van der Waals surface area contributed by atoms with Gasteiger partial charge < -0.3 is 21.5 Å². The predicted octanol–water partition coefficient (Wildman–Crippen LogP) is 1.90. The third-order valence-corrected chi connectivity index (χ3v) is 4.08. The topological polar surface area (TPSA) is 120 Å². The maximum atomic E-state index is 12.1. The first-order valence-electron chi connectivity index (χ1n) is 8.32. The minimum absolute atomic E-state index is 0.0238. The van der Waals surface area contributed by atoms with E-state index in [1.165, 1.54) is 24.5 Å². The molecule has 8 nitrogen and oxygen atoms in total. The number of rotatable bonds is 7. The average Bonchev–Trinajstić information content (AvgIpc) is 2.63. The molecule has 0 spiro atoms. The molecule has 27 heavy (non-hydrogen) atoms. The van der Waals surface area contributed by atoms with E-state index in [1.54, 1.807) is 0 Å². The van der Waals surface area contributed by atoms with Crippen LogP contribution in [-0.4, -0.2) is 35.4 Å². The van der Waals surface area contributed by atoms with Crippen molar-refractivity contribution in [1.29, 1.82) is 0 Å². The maximum absolute atomic E-state index is 12.1. The number of aromatic nitrogens is 1. The molecular formula is C17H21F2N6O2+. The van der Waals surface area contributed by atoms with Gasteiger partial charge in [0.25, 0.3) is 18.5 Å². The molecule has 0 bridgehead atoms. The van der Waals surface area contributed by atoms with Crippen LogP contribution in [0.25, 0.3) is 4.85 Å². The smallest absolute Gasteiger partial charge is 0.388 e. The molecule has 0 aliphatic heterocycles. The van der Waals surface area contributed by atoms with Gasteiger partial charge in [-0.05, 0) is 18.9 Å². The van der Waals surface area contributed by atoms with Crippen molar-refractivity contribution in [2.24, 2.45) is 16.5 Å². The molecule has 1 amide bonds. The van der Waals surface area contributed by atoms with Gasteiger partial charge in [0, 0.05) is 18.7 Å². The number of primary amides is 1. The summed E-state index contributed by atoms with van der Waals surface area (Å²) in [5.41, 5.74) is 11.5. The number of amidine groups is 1. The van der Waals surface area contributed by atoms with Gasteiger partial charge in [-0.2, -0.15) is 8.78 Å². The van der Waals surface area contributed by atoms with Crippen molar-refractivity contribution in [2.45, 2.75) is 44.4 Å². The van der Waals surface area contributed by atoms with Crippen molar-refractivity contribution in [2.75, 3.05) is 0 Å². The number of ether oxygens (including phenoxy) is 1. The summed E-state index contributed by atoms with van der Waals surface area (Å²) in [6.07, 6.45) is 6.35. The summed E-state index contributed by atoms with van der Waals surface area (Å²) < 4.78 is 28.4. The Hall–Kier alpha value is -3.22. The van der Waals surface area contributed by atoms with Crippen molar-refractivity contribution in [1.82, 2.24) is 10.3 Å². The van der Waals surface area contributed by atoms with Crippen molar-refractivity contribution in [3.63, 3.8) is 0 Å². The Morgan fingerprint density at radius 1 is 1.41 bits per heavy atom. The highest BCUT2D eigenvalue weighted by molar-refractivity contribution is 6.20.